The summed E-state index contributed by atoms with van der Waals surface area (Å²) in [6, 6.07) is 14.8. The number of benzene rings is 2. The van der Waals surface area contributed by atoms with Crippen molar-refractivity contribution in [1.29, 1.82) is 0 Å². The molecule has 0 atom stereocenters. The van der Waals surface area contributed by atoms with E-state index in [-0.39, 0.29) is 16.5 Å². The number of nitrogens with one attached hydrogen (secondary N) is 2. The number of carbonyl (C=O) groups is 2. The van der Waals surface area contributed by atoms with Gasteiger partial charge in [-0.05, 0) is 36.8 Å². The molecule has 2 heterocycles. The molecule has 10 heteroatoms. The number of rotatable bonds is 5. The summed E-state index contributed by atoms with van der Waals surface area (Å²) in [7, 11) is 0. The Morgan fingerprint density at radius 2 is 1.74 bits per heavy atom. The van der Waals surface area contributed by atoms with Crippen molar-refractivity contribution in [3.63, 3.8) is 0 Å². The smallest absolute Gasteiger partial charge is 0.267 e. The highest BCUT2D eigenvalue weighted by atomic mass is 35.5. The molecule has 0 aliphatic heterocycles. The number of hydrogen-bond acceptors (Lipinski definition) is 6. The third-order valence-electron chi connectivity index (χ3n) is 4.20. The molecule has 0 saturated heterocycles. The highest BCUT2D eigenvalue weighted by Gasteiger charge is 2.18. The van der Waals surface area contributed by atoms with Crippen LogP contribution in [-0.4, -0.2) is 22.0 Å². The lowest BCUT2D eigenvalue weighted by atomic mass is 10.2. The maximum atomic E-state index is 13.2. The zero-order chi connectivity index (χ0) is 22.0. The summed E-state index contributed by atoms with van der Waals surface area (Å²) in [5.74, 6) is -1.37. The van der Waals surface area contributed by atoms with Crippen LogP contribution in [0.2, 0.25) is 5.02 Å². The molecule has 2 aromatic heterocycles. The van der Waals surface area contributed by atoms with Gasteiger partial charge in [-0.1, -0.05) is 53.3 Å². The Balaban J connectivity index is 1.46. The molecule has 2 aromatic carbocycles. The van der Waals surface area contributed by atoms with Crippen LogP contribution in [0.25, 0.3) is 10.6 Å². The van der Waals surface area contributed by atoms with E-state index in [0.717, 1.165) is 29.0 Å². The predicted molar refractivity (Wildman–Crippen MR) is 122 cm³/mol. The van der Waals surface area contributed by atoms with E-state index in [1.807, 2.05) is 30.3 Å². The molecule has 4 rings (SSSR count). The summed E-state index contributed by atoms with van der Waals surface area (Å²) in [5, 5.41) is 15.1. The van der Waals surface area contributed by atoms with Crippen molar-refractivity contribution in [3.8, 4) is 10.6 Å². The van der Waals surface area contributed by atoms with Crippen LogP contribution in [0.15, 0.2) is 54.6 Å². The minimum Gasteiger partial charge on any atom is -0.313 e. The molecule has 0 spiro atoms. The highest BCUT2D eigenvalue weighted by Crippen LogP contribution is 2.30. The number of carbonyl (C=O) groups excluding carboxylic acids is 2. The Morgan fingerprint density at radius 1 is 0.968 bits per heavy atom. The maximum Gasteiger partial charge on any atom is 0.267 e. The van der Waals surface area contributed by atoms with Gasteiger partial charge in [0, 0.05) is 5.56 Å². The van der Waals surface area contributed by atoms with Gasteiger partial charge in [-0.25, -0.2) is 4.39 Å². The van der Waals surface area contributed by atoms with Gasteiger partial charge in [-0.3, -0.25) is 14.9 Å². The molecule has 0 saturated carbocycles. The van der Waals surface area contributed by atoms with E-state index >= 15 is 0 Å². The van der Waals surface area contributed by atoms with Crippen molar-refractivity contribution < 1.29 is 14.0 Å². The number of thiophene rings is 1. The fourth-order valence-corrected chi connectivity index (χ4v) is 4.71. The quantitative estimate of drug-likeness (QED) is 0.380. The van der Waals surface area contributed by atoms with Crippen LogP contribution in [-0.2, 0) is 0 Å². The van der Waals surface area contributed by atoms with Gasteiger partial charge in [-0.15, -0.1) is 21.5 Å². The van der Waals surface area contributed by atoms with Crippen LogP contribution < -0.4 is 10.6 Å². The molecule has 0 unspecified atom stereocenters. The Labute approximate surface area is 189 Å². The fraction of sp³-hybridized carbons (Fsp3) is 0.0476. The minimum absolute atomic E-state index is 0.00855. The molecule has 4 aromatic rings. The van der Waals surface area contributed by atoms with Crippen molar-refractivity contribution in [2.75, 3.05) is 10.6 Å². The van der Waals surface area contributed by atoms with Crippen LogP contribution >= 0.6 is 34.3 Å². The first-order valence-electron chi connectivity index (χ1n) is 8.98. The zero-order valence-corrected chi connectivity index (χ0v) is 18.4. The van der Waals surface area contributed by atoms with Crippen LogP contribution in [0, 0.1) is 12.7 Å². The van der Waals surface area contributed by atoms with Gasteiger partial charge >= 0.3 is 0 Å². The number of nitrogens with zero attached hydrogens (tertiary/aromatic N) is 2. The zero-order valence-electron chi connectivity index (χ0n) is 16.0. The van der Waals surface area contributed by atoms with Crippen molar-refractivity contribution in [2.45, 2.75) is 6.92 Å². The van der Waals surface area contributed by atoms with Crippen molar-refractivity contribution in [3.05, 3.63) is 81.4 Å². The third kappa shape index (κ3) is 4.79. The van der Waals surface area contributed by atoms with Crippen LogP contribution in [0.4, 0.5) is 14.5 Å². The number of amides is 2. The summed E-state index contributed by atoms with van der Waals surface area (Å²) in [4.78, 5) is 25.6. The van der Waals surface area contributed by atoms with E-state index in [1.54, 1.807) is 13.0 Å². The lowest BCUT2D eigenvalue weighted by molar-refractivity contribution is 0.102. The Kier molecular flexibility index (Phi) is 6.08. The Morgan fingerprint density at radius 3 is 2.48 bits per heavy atom. The average Bonchev–Trinajstić information content (AvgIpc) is 3.35. The van der Waals surface area contributed by atoms with Gasteiger partial charge in [0.2, 0.25) is 5.13 Å². The molecule has 31 heavy (non-hydrogen) atoms. The monoisotopic (exact) mass is 472 g/mol. The van der Waals surface area contributed by atoms with Crippen molar-refractivity contribution in [1.82, 2.24) is 10.2 Å². The number of halogens is 2. The number of hydrogen-bond donors (Lipinski definition) is 2. The molecule has 0 bridgehead atoms. The molecule has 0 aliphatic rings. The van der Waals surface area contributed by atoms with Gasteiger partial charge in [0.15, 0.2) is 0 Å². The lowest BCUT2D eigenvalue weighted by Crippen LogP contribution is -2.12. The molecule has 0 radical (unpaired) electrons. The van der Waals surface area contributed by atoms with Crippen LogP contribution in [0.5, 0.6) is 0 Å². The molecular formula is C21H14ClFN4O2S2. The fourth-order valence-electron chi connectivity index (χ4n) is 2.75. The van der Waals surface area contributed by atoms with Gasteiger partial charge in [-0.2, -0.15) is 0 Å². The summed E-state index contributed by atoms with van der Waals surface area (Å²) < 4.78 is 13.2. The molecular weight excluding hydrogens is 459 g/mol. The van der Waals surface area contributed by atoms with Crippen molar-refractivity contribution in [2.24, 2.45) is 0 Å². The van der Waals surface area contributed by atoms with E-state index < -0.39 is 11.7 Å². The second kappa shape index (κ2) is 8.93. The molecule has 2 N–H and O–H groups in total. The Hall–Kier alpha value is -3.14. The molecule has 0 aliphatic carbocycles. The van der Waals surface area contributed by atoms with Gasteiger partial charge < -0.3 is 5.32 Å². The van der Waals surface area contributed by atoms with Gasteiger partial charge in [0.25, 0.3) is 11.8 Å². The topological polar surface area (TPSA) is 84.0 Å². The first-order valence-corrected chi connectivity index (χ1v) is 11.0. The number of aromatic nitrogens is 2. The Bertz CT molecular complexity index is 1270. The summed E-state index contributed by atoms with van der Waals surface area (Å²) >= 11 is 8.33. The molecule has 6 nitrogen and oxygen atoms in total. The predicted octanol–water partition coefficient (Wildman–Crippen LogP) is 5.87. The van der Waals surface area contributed by atoms with E-state index in [1.165, 1.54) is 17.4 Å². The van der Waals surface area contributed by atoms with Gasteiger partial charge in [0.05, 0.1) is 20.5 Å². The van der Waals surface area contributed by atoms with E-state index in [2.05, 4.69) is 20.8 Å². The first-order chi connectivity index (χ1) is 14.9. The SMILES string of the molecule is Cc1cc(NC(=O)c2ccc(F)cc2Cl)sc1C(=O)Nc1nnc(-c2ccccc2)s1. The largest absolute Gasteiger partial charge is 0.313 e. The molecule has 156 valence electrons. The number of anilines is 2. The lowest BCUT2D eigenvalue weighted by Gasteiger charge is -2.04. The van der Waals surface area contributed by atoms with E-state index in [4.69, 9.17) is 11.6 Å². The first kappa shape index (κ1) is 21.1. The van der Waals surface area contributed by atoms with E-state index in [9.17, 15) is 14.0 Å². The second-order valence-electron chi connectivity index (χ2n) is 6.43. The molecule has 0 fully saturated rings. The number of aryl methyl sites for hydroxylation is 1. The van der Waals surface area contributed by atoms with E-state index in [0.29, 0.717) is 25.6 Å². The van der Waals surface area contributed by atoms with Crippen LogP contribution in [0.1, 0.15) is 25.6 Å². The summed E-state index contributed by atoms with van der Waals surface area (Å²) in [6.07, 6.45) is 0. The normalized spacial score (nSPS) is 10.7. The highest BCUT2D eigenvalue weighted by molar-refractivity contribution is 7.19. The second-order valence-corrected chi connectivity index (χ2v) is 8.87. The third-order valence-corrected chi connectivity index (χ3v) is 6.55. The minimum atomic E-state index is -0.528. The van der Waals surface area contributed by atoms with Crippen LogP contribution in [0.3, 0.4) is 0 Å². The average molecular weight is 473 g/mol. The van der Waals surface area contributed by atoms with Crippen molar-refractivity contribution >= 4 is 56.2 Å². The van der Waals surface area contributed by atoms with Gasteiger partial charge in [0.1, 0.15) is 10.8 Å². The molecule has 2 amide bonds. The maximum absolute atomic E-state index is 13.2. The summed E-state index contributed by atoms with van der Waals surface area (Å²) in [6.45, 7) is 1.77. The standard InChI is InChI=1S/C21H14ClFN4O2S2/c1-11-9-16(24-18(28)14-8-7-13(23)10-15(14)22)30-17(11)19(29)25-21-27-26-20(31-21)12-5-3-2-4-6-12/h2-10H,1H3,(H,24,28)(H,25,27,29). The summed E-state index contributed by atoms with van der Waals surface area (Å²) in [5.41, 5.74) is 1.75.